The third-order valence-electron chi connectivity index (χ3n) is 13.5. The van der Waals surface area contributed by atoms with Crippen LogP contribution in [0.1, 0.15) is 266 Å². The summed E-state index contributed by atoms with van der Waals surface area (Å²) in [7, 11) is 0. The second kappa shape index (κ2) is 46.2. The van der Waals surface area contributed by atoms with Crippen molar-refractivity contribution < 1.29 is 52.4 Å². The largest absolute Gasteiger partial charge is 0.508 e. The molecule has 1 aliphatic rings. The molecular formula is C57H105NO11. The summed E-state index contributed by atoms with van der Waals surface area (Å²) in [5, 5.41) is 0. The van der Waals surface area contributed by atoms with Crippen LogP contribution in [0.2, 0.25) is 0 Å². The fraction of sp³-hybridized carbons (Fsp3) is 0.912. The van der Waals surface area contributed by atoms with Gasteiger partial charge < -0.3 is 33.3 Å². The lowest BCUT2D eigenvalue weighted by Crippen LogP contribution is -2.27. The van der Waals surface area contributed by atoms with Gasteiger partial charge in [-0.25, -0.2) is 4.79 Å². The molecule has 1 saturated carbocycles. The lowest BCUT2D eigenvalue weighted by atomic mass is 10.0. The third-order valence-corrected chi connectivity index (χ3v) is 13.5. The van der Waals surface area contributed by atoms with Gasteiger partial charge in [0.1, 0.15) is 32.0 Å². The SMILES string of the molecule is CCCCCCCCCC(OC(=O)CCCCCC(=O)OCC(COC(=O)CCCCCCC(=O)OC(CCCCCCCC)CCCCCCCC)COC(=O)OCCCN(CC)CC)C1CC1. The molecule has 0 bridgehead atoms. The highest BCUT2D eigenvalue weighted by molar-refractivity contribution is 5.70. The molecule has 12 nitrogen and oxygen atoms in total. The second-order valence-electron chi connectivity index (χ2n) is 20.0. The van der Waals surface area contributed by atoms with E-state index in [0.717, 1.165) is 90.3 Å². The molecule has 0 N–H and O–H groups in total. The van der Waals surface area contributed by atoms with Gasteiger partial charge in [0.2, 0.25) is 0 Å². The third kappa shape index (κ3) is 40.4. The van der Waals surface area contributed by atoms with Crippen LogP contribution in [-0.2, 0) is 47.6 Å². The molecule has 0 aromatic carbocycles. The molecule has 0 aliphatic heterocycles. The van der Waals surface area contributed by atoms with Crippen molar-refractivity contribution in [1.29, 1.82) is 0 Å². The van der Waals surface area contributed by atoms with Gasteiger partial charge in [-0.05, 0) is 102 Å². The molecule has 2 unspecified atom stereocenters. The Labute approximate surface area is 421 Å². The number of ether oxygens (including phenoxy) is 6. The number of esters is 4. The predicted molar refractivity (Wildman–Crippen MR) is 277 cm³/mol. The molecule has 0 aromatic heterocycles. The normalized spacial score (nSPS) is 13.3. The Morgan fingerprint density at radius 2 is 0.812 bits per heavy atom. The molecule has 2 atom stereocenters. The summed E-state index contributed by atoms with van der Waals surface area (Å²) in [4.78, 5) is 65.6. The summed E-state index contributed by atoms with van der Waals surface area (Å²) in [5.41, 5.74) is 0. The van der Waals surface area contributed by atoms with Gasteiger partial charge in [-0.3, -0.25) is 19.2 Å². The zero-order valence-corrected chi connectivity index (χ0v) is 45.2. The summed E-state index contributed by atoms with van der Waals surface area (Å²) in [6.07, 6.45) is 34.5. The quantitative estimate of drug-likeness (QED) is 0.0325. The Balaban J connectivity index is 2.46. The molecule has 69 heavy (non-hydrogen) atoms. The molecule has 0 spiro atoms. The van der Waals surface area contributed by atoms with Crippen LogP contribution in [0, 0.1) is 11.8 Å². The second-order valence-corrected chi connectivity index (χ2v) is 20.0. The molecule has 1 rings (SSSR count). The van der Waals surface area contributed by atoms with E-state index < -0.39 is 18.0 Å². The zero-order chi connectivity index (χ0) is 50.4. The highest BCUT2D eigenvalue weighted by Crippen LogP contribution is 2.37. The van der Waals surface area contributed by atoms with Gasteiger partial charge >= 0.3 is 30.0 Å². The van der Waals surface area contributed by atoms with Gasteiger partial charge in [-0.15, -0.1) is 0 Å². The van der Waals surface area contributed by atoms with Crippen molar-refractivity contribution in [2.45, 2.75) is 278 Å². The minimum Gasteiger partial charge on any atom is -0.465 e. The van der Waals surface area contributed by atoms with Crippen molar-refractivity contribution in [1.82, 2.24) is 4.90 Å². The van der Waals surface area contributed by atoms with Crippen LogP contribution >= 0.6 is 0 Å². The van der Waals surface area contributed by atoms with E-state index in [9.17, 15) is 24.0 Å². The van der Waals surface area contributed by atoms with Gasteiger partial charge in [0, 0.05) is 32.2 Å². The van der Waals surface area contributed by atoms with Gasteiger partial charge in [-0.2, -0.15) is 0 Å². The van der Waals surface area contributed by atoms with E-state index in [4.69, 9.17) is 28.4 Å². The van der Waals surface area contributed by atoms with E-state index in [1.165, 1.54) is 103 Å². The van der Waals surface area contributed by atoms with E-state index in [0.29, 0.717) is 50.9 Å². The van der Waals surface area contributed by atoms with Crippen LogP contribution in [0.3, 0.4) is 0 Å². The van der Waals surface area contributed by atoms with Crippen LogP contribution in [0.5, 0.6) is 0 Å². The number of hydrogen-bond donors (Lipinski definition) is 0. The minimum atomic E-state index is -0.813. The van der Waals surface area contributed by atoms with Crippen LogP contribution in [-0.4, -0.2) is 93.2 Å². The fourth-order valence-corrected chi connectivity index (χ4v) is 8.73. The standard InChI is InChI=1S/C57H105NO11/c1-6-11-14-17-20-23-29-37-52(50-42-43-50)69-56(62)41-33-26-32-39-54(60)66-47-49(48-67-57(63)64-45-34-44-58(9-4)10-5)46-65-53(59)38-30-24-25-31-40-55(61)68-51(35-27-21-18-15-12-7-2)36-28-22-19-16-13-8-3/h49-52H,6-48H2,1-5H3. The maximum Gasteiger partial charge on any atom is 0.508 e. The first-order valence-electron chi connectivity index (χ1n) is 28.9. The fourth-order valence-electron chi connectivity index (χ4n) is 8.73. The Morgan fingerprint density at radius 1 is 0.420 bits per heavy atom. The maximum atomic E-state index is 12.8. The summed E-state index contributed by atoms with van der Waals surface area (Å²) in [6, 6.07) is 0. The Morgan fingerprint density at radius 3 is 1.28 bits per heavy atom. The van der Waals surface area contributed by atoms with Crippen molar-refractivity contribution in [3.05, 3.63) is 0 Å². The number of rotatable bonds is 50. The highest BCUT2D eigenvalue weighted by atomic mass is 16.7. The molecule has 0 amide bonds. The first-order valence-corrected chi connectivity index (χ1v) is 28.9. The van der Waals surface area contributed by atoms with Crippen molar-refractivity contribution in [2.24, 2.45) is 11.8 Å². The van der Waals surface area contributed by atoms with Crippen LogP contribution in [0.25, 0.3) is 0 Å². The topological polar surface area (TPSA) is 144 Å². The minimum absolute atomic E-state index is 0.0122. The number of hydrogen-bond acceptors (Lipinski definition) is 12. The van der Waals surface area contributed by atoms with Crippen LogP contribution < -0.4 is 0 Å². The summed E-state index contributed by atoms with van der Waals surface area (Å²) in [6.45, 7) is 13.5. The Hall–Kier alpha value is -2.89. The van der Waals surface area contributed by atoms with Crippen LogP contribution in [0.4, 0.5) is 4.79 Å². The molecule has 0 aromatic rings. The molecule has 1 fully saturated rings. The van der Waals surface area contributed by atoms with E-state index in [1.54, 1.807) is 0 Å². The summed E-state index contributed by atoms with van der Waals surface area (Å²) in [5.74, 6) is -1.07. The van der Waals surface area contributed by atoms with Crippen molar-refractivity contribution in [3.8, 4) is 0 Å². The first-order chi connectivity index (χ1) is 33.6. The van der Waals surface area contributed by atoms with Crippen LogP contribution in [0.15, 0.2) is 0 Å². The van der Waals surface area contributed by atoms with Gasteiger partial charge in [0.15, 0.2) is 0 Å². The summed E-state index contributed by atoms with van der Waals surface area (Å²) >= 11 is 0. The first kappa shape index (κ1) is 64.1. The maximum absolute atomic E-state index is 12.8. The molecule has 12 heteroatoms. The monoisotopic (exact) mass is 980 g/mol. The van der Waals surface area contributed by atoms with Gasteiger partial charge in [0.05, 0.1) is 12.5 Å². The van der Waals surface area contributed by atoms with Gasteiger partial charge in [0.25, 0.3) is 0 Å². The Kier molecular flexibility index (Phi) is 42.9. The highest BCUT2D eigenvalue weighted by Gasteiger charge is 2.33. The van der Waals surface area contributed by atoms with Crippen molar-refractivity contribution in [3.63, 3.8) is 0 Å². The van der Waals surface area contributed by atoms with Gasteiger partial charge in [-0.1, -0.05) is 157 Å². The van der Waals surface area contributed by atoms with Crippen molar-refractivity contribution in [2.75, 3.05) is 46.1 Å². The van der Waals surface area contributed by atoms with E-state index in [2.05, 4.69) is 39.5 Å². The molecule has 1 aliphatic carbocycles. The average molecular weight is 980 g/mol. The molecule has 0 heterocycles. The number of nitrogens with zero attached hydrogens (tertiary/aromatic N) is 1. The molecular weight excluding hydrogens is 875 g/mol. The smallest absolute Gasteiger partial charge is 0.465 e. The predicted octanol–water partition coefficient (Wildman–Crippen LogP) is 14.7. The average Bonchev–Trinajstić information content (AvgIpc) is 4.19. The van der Waals surface area contributed by atoms with E-state index in [-0.39, 0.29) is 69.4 Å². The van der Waals surface area contributed by atoms with E-state index >= 15 is 0 Å². The Bertz CT molecular complexity index is 1240. The number of carbonyl (C=O) groups excluding carboxylic acids is 5. The molecule has 0 saturated heterocycles. The lowest BCUT2D eigenvalue weighted by molar-refractivity contribution is -0.151. The zero-order valence-electron chi connectivity index (χ0n) is 45.2. The molecule has 404 valence electrons. The molecule has 0 radical (unpaired) electrons. The van der Waals surface area contributed by atoms with Crippen molar-refractivity contribution >= 4 is 30.0 Å². The summed E-state index contributed by atoms with van der Waals surface area (Å²) < 4.78 is 33.6. The van der Waals surface area contributed by atoms with E-state index in [1.807, 2.05) is 0 Å². The number of unbranched alkanes of at least 4 members (excludes halogenated alkanes) is 21. The number of carbonyl (C=O) groups is 5. The lowest BCUT2D eigenvalue weighted by Gasteiger charge is -2.18.